The summed E-state index contributed by atoms with van der Waals surface area (Å²) >= 11 is 0.837. The number of imide groups is 1. The van der Waals surface area contributed by atoms with E-state index in [-0.39, 0.29) is 12.5 Å². The van der Waals surface area contributed by atoms with E-state index in [9.17, 15) is 19.2 Å². The second-order valence-corrected chi connectivity index (χ2v) is 9.37. The molecule has 0 radical (unpaired) electrons. The van der Waals surface area contributed by atoms with Crippen LogP contribution in [-0.4, -0.2) is 76.2 Å². The molecule has 0 atom stereocenters. The molecule has 0 aliphatic carbocycles. The van der Waals surface area contributed by atoms with Crippen molar-refractivity contribution in [2.45, 2.75) is 32.8 Å². The molecule has 2 heterocycles. The maximum Gasteiger partial charge on any atom is 0.410 e. The fraction of sp³-hybridized carbons (Fsp3) is 0.455. The third kappa shape index (κ3) is 6.10. The lowest BCUT2D eigenvalue weighted by atomic mass is 10.2. The van der Waals surface area contributed by atoms with Crippen molar-refractivity contribution in [3.05, 3.63) is 40.8 Å². The van der Waals surface area contributed by atoms with E-state index < -0.39 is 22.8 Å². The Morgan fingerprint density at radius 1 is 1.03 bits per heavy atom. The Kier molecular flexibility index (Phi) is 7.04. The SMILES string of the molecule is CC(C)(C)OC(=O)N1CCCN(C(=O)CN2C(=O)S/C(=C/c3ccccc3)C2=O)CC1. The minimum Gasteiger partial charge on any atom is -0.444 e. The van der Waals surface area contributed by atoms with Crippen LogP contribution in [0.15, 0.2) is 35.2 Å². The Morgan fingerprint density at radius 3 is 2.35 bits per heavy atom. The van der Waals surface area contributed by atoms with Gasteiger partial charge in [-0.25, -0.2) is 4.79 Å². The van der Waals surface area contributed by atoms with Gasteiger partial charge in [0.15, 0.2) is 0 Å². The van der Waals surface area contributed by atoms with Gasteiger partial charge in [0.25, 0.3) is 11.1 Å². The smallest absolute Gasteiger partial charge is 0.410 e. The van der Waals surface area contributed by atoms with Crippen LogP contribution in [0.3, 0.4) is 0 Å². The van der Waals surface area contributed by atoms with Gasteiger partial charge in [-0.2, -0.15) is 0 Å². The standard InChI is InChI=1S/C22H27N3O5S/c1-22(2,3)30-20(28)24-11-7-10-23(12-13-24)18(26)15-25-19(27)17(31-21(25)29)14-16-8-5-4-6-9-16/h4-6,8-9,14H,7,10-13,15H2,1-3H3/b17-14+. The van der Waals surface area contributed by atoms with Crippen LogP contribution in [0.1, 0.15) is 32.8 Å². The highest BCUT2D eigenvalue weighted by molar-refractivity contribution is 8.18. The van der Waals surface area contributed by atoms with Crippen molar-refractivity contribution in [2.75, 3.05) is 32.7 Å². The van der Waals surface area contributed by atoms with E-state index in [1.165, 1.54) is 0 Å². The molecule has 2 fully saturated rings. The van der Waals surface area contributed by atoms with Crippen molar-refractivity contribution >= 4 is 41.0 Å². The Bertz CT molecular complexity index is 894. The number of hydrogen-bond donors (Lipinski definition) is 0. The van der Waals surface area contributed by atoms with Crippen molar-refractivity contribution in [1.29, 1.82) is 0 Å². The van der Waals surface area contributed by atoms with Gasteiger partial charge in [0, 0.05) is 26.2 Å². The molecule has 0 N–H and O–H groups in total. The molecular weight excluding hydrogens is 418 g/mol. The van der Waals surface area contributed by atoms with E-state index >= 15 is 0 Å². The van der Waals surface area contributed by atoms with Crippen LogP contribution in [0, 0.1) is 0 Å². The molecule has 9 heteroatoms. The first kappa shape index (κ1) is 22.9. The van der Waals surface area contributed by atoms with Gasteiger partial charge in [0.1, 0.15) is 12.1 Å². The van der Waals surface area contributed by atoms with Crippen LogP contribution < -0.4 is 0 Å². The molecule has 2 aliphatic heterocycles. The normalized spacial score (nSPS) is 19.1. The Labute approximate surface area is 186 Å². The van der Waals surface area contributed by atoms with E-state index in [0.29, 0.717) is 37.5 Å². The summed E-state index contributed by atoms with van der Waals surface area (Å²) in [5.74, 6) is -0.772. The number of ether oxygens (including phenoxy) is 1. The highest BCUT2D eigenvalue weighted by atomic mass is 32.2. The summed E-state index contributed by atoms with van der Waals surface area (Å²) in [5.41, 5.74) is 0.229. The van der Waals surface area contributed by atoms with Crippen molar-refractivity contribution in [1.82, 2.24) is 14.7 Å². The lowest BCUT2D eigenvalue weighted by molar-refractivity contribution is -0.135. The highest BCUT2D eigenvalue weighted by Crippen LogP contribution is 2.32. The number of nitrogens with zero attached hydrogens (tertiary/aromatic N) is 3. The van der Waals surface area contributed by atoms with Crippen LogP contribution in [-0.2, 0) is 14.3 Å². The van der Waals surface area contributed by atoms with E-state index in [1.54, 1.807) is 36.6 Å². The highest BCUT2D eigenvalue weighted by Gasteiger charge is 2.37. The zero-order valence-electron chi connectivity index (χ0n) is 18.0. The number of carbonyl (C=O) groups excluding carboxylic acids is 4. The summed E-state index contributed by atoms with van der Waals surface area (Å²) in [7, 11) is 0. The van der Waals surface area contributed by atoms with Gasteiger partial charge >= 0.3 is 6.09 Å². The lowest BCUT2D eigenvalue weighted by Crippen LogP contribution is -2.44. The largest absolute Gasteiger partial charge is 0.444 e. The van der Waals surface area contributed by atoms with E-state index in [1.807, 2.05) is 30.3 Å². The first-order valence-corrected chi connectivity index (χ1v) is 11.0. The molecule has 0 unspecified atom stereocenters. The van der Waals surface area contributed by atoms with Gasteiger partial charge < -0.3 is 14.5 Å². The first-order chi connectivity index (χ1) is 14.6. The Balaban J connectivity index is 1.59. The van der Waals surface area contributed by atoms with E-state index in [0.717, 1.165) is 22.2 Å². The third-order valence-electron chi connectivity index (χ3n) is 4.76. The van der Waals surface area contributed by atoms with Gasteiger partial charge in [-0.05, 0) is 50.6 Å². The van der Waals surface area contributed by atoms with Gasteiger partial charge in [-0.1, -0.05) is 30.3 Å². The summed E-state index contributed by atoms with van der Waals surface area (Å²) in [6.45, 7) is 6.73. The number of thioether (sulfide) groups is 1. The van der Waals surface area contributed by atoms with Gasteiger partial charge in [-0.3, -0.25) is 19.3 Å². The maximum atomic E-state index is 12.8. The van der Waals surface area contributed by atoms with Gasteiger partial charge in [0.05, 0.1) is 4.91 Å². The quantitative estimate of drug-likeness (QED) is 0.664. The summed E-state index contributed by atoms with van der Waals surface area (Å²) in [4.78, 5) is 54.5. The van der Waals surface area contributed by atoms with Crippen molar-refractivity contribution in [3.63, 3.8) is 0 Å². The minimum atomic E-state index is -0.585. The molecule has 2 saturated heterocycles. The topological polar surface area (TPSA) is 87.2 Å². The van der Waals surface area contributed by atoms with Crippen LogP contribution >= 0.6 is 11.8 Å². The molecule has 166 valence electrons. The Hall–Kier alpha value is -2.81. The average Bonchev–Trinajstić information content (AvgIpc) is 2.89. The monoisotopic (exact) mass is 445 g/mol. The second-order valence-electron chi connectivity index (χ2n) is 8.38. The predicted molar refractivity (Wildman–Crippen MR) is 118 cm³/mol. The fourth-order valence-corrected chi connectivity index (χ4v) is 4.09. The van der Waals surface area contributed by atoms with Gasteiger partial charge in [0.2, 0.25) is 5.91 Å². The molecule has 0 spiro atoms. The Morgan fingerprint density at radius 2 is 1.68 bits per heavy atom. The van der Waals surface area contributed by atoms with Crippen LogP contribution in [0.4, 0.5) is 9.59 Å². The molecule has 4 amide bonds. The van der Waals surface area contributed by atoms with E-state index in [2.05, 4.69) is 0 Å². The predicted octanol–water partition coefficient (Wildman–Crippen LogP) is 3.19. The summed E-state index contributed by atoms with van der Waals surface area (Å²) in [5, 5.41) is -0.453. The molecular formula is C22H27N3O5S. The summed E-state index contributed by atoms with van der Waals surface area (Å²) in [6.07, 6.45) is 1.85. The molecule has 8 nitrogen and oxygen atoms in total. The molecule has 0 saturated carbocycles. The molecule has 0 bridgehead atoms. The second kappa shape index (κ2) is 9.55. The minimum absolute atomic E-state index is 0.302. The molecule has 1 aromatic rings. The number of hydrogen-bond acceptors (Lipinski definition) is 6. The number of carbonyl (C=O) groups is 4. The van der Waals surface area contributed by atoms with Crippen LogP contribution in [0.5, 0.6) is 0 Å². The van der Waals surface area contributed by atoms with E-state index in [4.69, 9.17) is 4.74 Å². The maximum absolute atomic E-state index is 12.8. The van der Waals surface area contributed by atoms with Gasteiger partial charge in [-0.15, -0.1) is 0 Å². The molecule has 1 aromatic carbocycles. The molecule has 31 heavy (non-hydrogen) atoms. The number of amides is 4. The summed E-state index contributed by atoms with van der Waals surface area (Å²) in [6, 6.07) is 9.24. The first-order valence-electron chi connectivity index (χ1n) is 10.2. The molecule has 0 aromatic heterocycles. The van der Waals surface area contributed by atoms with Crippen molar-refractivity contribution in [3.8, 4) is 0 Å². The number of benzene rings is 1. The van der Waals surface area contributed by atoms with Crippen LogP contribution in [0.25, 0.3) is 6.08 Å². The third-order valence-corrected chi connectivity index (χ3v) is 5.67. The lowest BCUT2D eigenvalue weighted by Gasteiger charge is -2.26. The number of rotatable bonds is 3. The molecule has 2 aliphatic rings. The molecule has 3 rings (SSSR count). The summed E-state index contributed by atoms with van der Waals surface area (Å²) < 4.78 is 5.40. The van der Waals surface area contributed by atoms with Crippen molar-refractivity contribution < 1.29 is 23.9 Å². The zero-order chi connectivity index (χ0) is 22.6. The van der Waals surface area contributed by atoms with Crippen LogP contribution in [0.2, 0.25) is 0 Å². The fourth-order valence-electron chi connectivity index (χ4n) is 3.25. The zero-order valence-corrected chi connectivity index (χ0v) is 18.8. The average molecular weight is 446 g/mol. The van der Waals surface area contributed by atoms with Crippen molar-refractivity contribution in [2.24, 2.45) is 0 Å².